The monoisotopic (exact) mass is 332 g/mol. The van der Waals surface area contributed by atoms with E-state index in [4.69, 9.17) is 10.8 Å². The van der Waals surface area contributed by atoms with E-state index in [1.807, 2.05) is 13.8 Å². The molecule has 0 aromatic carbocycles. The van der Waals surface area contributed by atoms with Crippen LogP contribution in [0.2, 0.25) is 0 Å². The molecule has 7 heteroatoms. The number of nitrogens with zero attached hydrogens (tertiary/aromatic N) is 2. The van der Waals surface area contributed by atoms with Gasteiger partial charge in [-0.3, -0.25) is 4.79 Å². The maximum Gasteiger partial charge on any atom is 0.283 e. The third-order valence-corrected chi connectivity index (χ3v) is 4.10. The number of anilines is 1. The summed E-state index contributed by atoms with van der Waals surface area (Å²) in [6.07, 6.45) is 3.26. The summed E-state index contributed by atoms with van der Waals surface area (Å²) < 4.78 is 1.62. The first-order chi connectivity index (χ1) is 8.97. The average Bonchev–Trinajstić information content (AvgIpc) is 2.43. The summed E-state index contributed by atoms with van der Waals surface area (Å²) in [5.41, 5.74) is 6.26. The van der Waals surface area contributed by atoms with Gasteiger partial charge < -0.3 is 16.2 Å². The molecule has 0 aliphatic heterocycles. The van der Waals surface area contributed by atoms with Gasteiger partial charge in [0.05, 0.1) is 25.0 Å². The number of hydrogen-bond acceptors (Lipinski definition) is 5. The molecule has 108 valence electrons. The van der Waals surface area contributed by atoms with Gasteiger partial charge in [-0.15, -0.1) is 0 Å². The quantitative estimate of drug-likeness (QED) is 0.690. The van der Waals surface area contributed by atoms with Gasteiger partial charge in [-0.2, -0.15) is 5.10 Å². The fourth-order valence-electron chi connectivity index (χ4n) is 1.61. The summed E-state index contributed by atoms with van der Waals surface area (Å²) in [6.45, 7) is 4.71. The number of halogens is 1. The largest absolute Gasteiger partial charge is 0.394 e. The van der Waals surface area contributed by atoms with Gasteiger partial charge in [0.15, 0.2) is 0 Å². The standard InChI is InChI=1S/C12H21BrN4O2/c1-3-12(14,4-2)8-15-9-7-16-17(5-6-18)11(19)10(9)13/h7,15,18H,3-6,8,14H2,1-2H3. The molecule has 0 radical (unpaired) electrons. The fraction of sp³-hybridized carbons (Fsp3) is 0.667. The second-order valence-corrected chi connectivity index (χ2v) is 5.34. The van der Waals surface area contributed by atoms with Crippen LogP contribution in [0, 0.1) is 0 Å². The highest BCUT2D eigenvalue weighted by atomic mass is 79.9. The molecule has 0 atom stereocenters. The predicted octanol–water partition coefficient (Wildman–Crippen LogP) is 0.927. The summed E-state index contributed by atoms with van der Waals surface area (Å²) in [4.78, 5) is 11.9. The highest BCUT2D eigenvalue weighted by Crippen LogP contribution is 2.18. The second-order valence-electron chi connectivity index (χ2n) is 4.55. The lowest BCUT2D eigenvalue weighted by atomic mass is 9.94. The molecule has 1 rings (SSSR count). The van der Waals surface area contributed by atoms with E-state index < -0.39 is 0 Å². The molecule has 0 bridgehead atoms. The van der Waals surface area contributed by atoms with Crippen LogP contribution in [0.3, 0.4) is 0 Å². The van der Waals surface area contributed by atoms with Crippen LogP contribution >= 0.6 is 15.9 Å². The highest BCUT2D eigenvalue weighted by Gasteiger charge is 2.20. The SMILES string of the molecule is CCC(N)(CC)CNc1cnn(CCO)c(=O)c1Br. The number of aliphatic hydroxyl groups excluding tert-OH is 1. The Morgan fingerprint density at radius 1 is 1.53 bits per heavy atom. The van der Waals surface area contributed by atoms with E-state index in [2.05, 4.69) is 26.3 Å². The minimum atomic E-state index is -0.292. The van der Waals surface area contributed by atoms with E-state index in [9.17, 15) is 4.79 Å². The minimum Gasteiger partial charge on any atom is -0.394 e. The molecule has 4 N–H and O–H groups in total. The lowest BCUT2D eigenvalue weighted by molar-refractivity contribution is 0.266. The van der Waals surface area contributed by atoms with Crippen LogP contribution in [0.1, 0.15) is 26.7 Å². The van der Waals surface area contributed by atoms with Crippen LogP contribution in [0.15, 0.2) is 15.5 Å². The Hall–Kier alpha value is -0.920. The highest BCUT2D eigenvalue weighted by molar-refractivity contribution is 9.10. The van der Waals surface area contributed by atoms with Crippen molar-refractivity contribution in [3.8, 4) is 0 Å². The Bertz CT molecular complexity index is 471. The lowest BCUT2D eigenvalue weighted by Gasteiger charge is -2.27. The number of aliphatic hydroxyl groups is 1. The minimum absolute atomic E-state index is 0.121. The Labute approximate surface area is 121 Å². The van der Waals surface area contributed by atoms with Gasteiger partial charge in [0.25, 0.3) is 5.56 Å². The van der Waals surface area contributed by atoms with Gasteiger partial charge in [0.1, 0.15) is 4.47 Å². The van der Waals surface area contributed by atoms with Crippen LogP contribution in [0.25, 0.3) is 0 Å². The normalized spacial score (nSPS) is 11.6. The molecule has 1 aromatic rings. The van der Waals surface area contributed by atoms with Crippen LogP contribution in [0.4, 0.5) is 5.69 Å². The van der Waals surface area contributed by atoms with Gasteiger partial charge in [-0.05, 0) is 28.8 Å². The smallest absolute Gasteiger partial charge is 0.283 e. The van der Waals surface area contributed by atoms with Crippen molar-refractivity contribution in [2.75, 3.05) is 18.5 Å². The van der Waals surface area contributed by atoms with Crippen molar-refractivity contribution in [2.45, 2.75) is 38.8 Å². The Balaban J connectivity index is 2.86. The predicted molar refractivity (Wildman–Crippen MR) is 79.3 cm³/mol. The molecule has 6 nitrogen and oxygen atoms in total. The van der Waals surface area contributed by atoms with Crippen molar-refractivity contribution < 1.29 is 5.11 Å². The number of rotatable bonds is 7. The molecule has 0 amide bonds. The van der Waals surface area contributed by atoms with Crippen molar-refractivity contribution in [1.82, 2.24) is 9.78 Å². The summed E-state index contributed by atoms with van der Waals surface area (Å²) in [7, 11) is 0. The Morgan fingerprint density at radius 2 is 2.16 bits per heavy atom. The van der Waals surface area contributed by atoms with Gasteiger partial charge in [-0.1, -0.05) is 13.8 Å². The van der Waals surface area contributed by atoms with Crippen molar-refractivity contribution in [2.24, 2.45) is 5.73 Å². The van der Waals surface area contributed by atoms with Gasteiger partial charge in [0, 0.05) is 12.1 Å². The van der Waals surface area contributed by atoms with E-state index in [1.165, 1.54) is 4.68 Å². The zero-order valence-electron chi connectivity index (χ0n) is 11.3. The first-order valence-electron chi connectivity index (χ1n) is 6.36. The van der Waals surface area contributed by atoms with Crippen molar-refractivity contribution in [3.63, 3.8) is 0 Å². The molecule has 0 aliphatic rings. The van der Waals surface area contributed by atoms with Crippen LogP contribution in [-0.2, 0) is 6.54 Å². The molecular formula is C12H21BrN4O2. The maximum atomic E-state index is 11.9. The van der Waals surface area contributed by atoms with E-state index in [0.717, 1.165) is 12.8 Å². The Morgan fingerprint density at radius 3 is 2.68 bits per heavy atom. The molecular weight excluding hydrogens is 312 g/mol. The second kappa shape index (κ2) is 7.02. The van der Waals surface area contributed by atoms with E-state index in [1.54, 1.807) is 6.20 Å². The van der Waals surface area contributed by atoms with Crippen LogP contribution < -0.4 is 16.6 Å². The molecule has 0 fully saturated rings. The first kappa shape index (κ1) is 16.1. The number of hydrogen-bond donors (Lipinski definition) is 3. The van der Waals surface area contributed by atoms with Crippen molar-refractivity contribution >= 4 is 21.6 Å². The van der Waals surface area contributed by atoms with Gasteiger partial charge in [0.2, 0.25) is 0 Å². The fourth-order valence-corrected chi connectivity index (χ4v) is 2.06. The third kappa shape index (κ3) is 4.02. The number of nitrogens with two attached hydrogens (primary N) is 1. The summed E-state index contributed by atoms with van der Waals surface area (Å²) >= 11 is 3.25. The molecule has 0 aliphatic carbocycles. The zero-order chi connectivity index (χ0) is 14.5. The molecule has 1 aromatic heterocycles. The van der Waals surface area contributed by atoms with Crippen molar-refractivity contribution in [3.05, 3.63) is 21.0 Å². The van der Waals surface area contributed by atoms with Crippen LogP contribution in [-0.4, -0.2) is 33.6 Å². The van der Waals surface area contributed by atoms with E-state index in [-0.39, 0.29) is 24.2 Å². The molecule has 19 heavy (non-hydrogen) atoms. The molecule has 0 unspecified atom stereocenters. The summed E-state index contributed by atoms with van der Waals surface area (Å²) in [5.74, 6) is 0. The molecule has 0 saturated heterocycles. The van der Waals surface area contributed by atoms with E-state index >= 15 is 0 Å². The van der Waals surface area contributed by atoms with Crippen LogP contribution in [0.5, 0.6) is 0 Å². The van der Waals surface area contributed by atoms with Gasteiger partial charge in [-0.25, -0.2) is 4.68 Å². The van der Waals surface area contributed by atoms with E-state index in [0.29, 0.717) is 16.7 Å². The number of nitrogens with one attached hydrogen (secondary N) is 1. The lowest BCUT2D eigenvalue weighted by Crippen LogP contribution is -2.45. The van der Waals surface area contributed by atoms with Crippen molar-refractivity contribution in [1.29, 1.82) is 0 Å². The molecule has 1 heterocycles. The number of aromatic nitrogens is 2. The average molecular weight is 333 g/mol. The topological polar surface area (TPSA) is 93.2 Å². The zero-order valence-corrected chi connectivity index (χ0v) is 12.9. The maximum absolute atomic E-state index is 11.9. The third-order valence-electron chi connectivity index (χ3n) is 3.34. The molecule has 0 saturated carbocycles. The summed E-state index contributed by atoms with van der Waals surface area (Å²) in [5, 5.41) is 16.0. The first-order valence-corrected chi connectivity index (χ1v) is 7.16. The van der Waals surface area contributed by atoms with Gasteiger partial charge >= 0.3 is 0 Å². The molecule has 0 spiro atoms. The summed E-state index contributed by atoms with van der Waals surface area (Å²) in [6, 6.07) is 0. The Kier molecular flexibility index (Phi) is 5.96.